The van der Waals surface area contributed by atoms with E-state index in [0.29, 0.717) is 11.5 Å². The number of hydrogen-bond donors (Lipinski definition) is 1. The Hall–Kier alpha value is -3.04. The summed E-state index contributed by atoms with van der Waals surface area (Å²) in [6, 6.07) is 3.33. The van der Waals surface area contributed by atoms with E-state index in [0.717, 1.165) is 0 Å². The number of anilines is 1. The van der Waals surface area contributed by atoms with E-state index >= 15 is 0 Å². The highest BCUT2D eigenvalue weighted by molar-refractivity contribution is 5.92. The zero-order valence-electron chi connectivity index (χ0n) is 10.5. The topological polar surface area (TPSA) is 126 Å². The molecule has 0 aliphatic carbocycles. The third-order valence-corrected chi connectivity index (χ3v) is 2.50. The summed E-state index contributed by atoms with van der Waals surface area (Å²) >= 11 is 0. The van der Waals surface area contributed by atoms with Gasteiger partial charge in [0.25, 0.3) is 0 Å². The third kappa shape index (κ3) is 1.92. The summed E-state index contributed by atoms with van der Waals surface area (Å²) in [6.45, 7) is 1.96. The van der Waals surface area contributed by atoms with Crippen LogP contribution in [0, 0.1) is 0 Å². The lowest BCUT2D eigenvalue weighted by atomic mass is 10.4. The summed E-state index contributed by atoms with van der Waals surface area (Å²) in [5.41, 5.74) is 6.50. The van der Waals surface area contributed by atoms with Crippen LogP contribution in [0.4, 0.5) is 5.69 Å². The second-order valence-electron chi connectivity index (χ2n) is 3.82. The maximum absolute atomic E-state index is 11.6. The molecule has 0 saturated heterocycles. The molecule has 0 bridgehead atoms. The van der Waals surface area contributed by atoms with Gasteiger partial charge >= 0.3 is 5.97 Å². The fourth-order valence-electron chi connectivity index (χ4n) is 1.63. The summed E-state index contributed by atoms with van der Waals surface area (Å²) in [7, 11) is 0. The van der Waals surface area contributed by atoms with Gasteiger partial charge in [-0.25, -0.2) is 9.48 Å². The van der Waals surface area contributed by atoms with Crippen molar-refractivity contribution in [3.8, 4) is 5.82 Å². The van der Waals surface area contributed by atoms with Crippen LogP contribution in [0.5, 0.6) is 0 Å². The van der Waals surface area contributed by atoms with Crippen LogP contribution in [-0.2, 0) is 4.74 Å². The smallest absolute Gasteiger partial charge is 0.361 e. The molecule has 0 saturated carbocycles. The Balaban J connectivity index is 2.01. The Morgan fingerprint density at radius 2 is 2.25 bits per heavy atom. The average molecular weight is 274 g/mol. The Kier molecular flexibility index (Phi) is 2.75. The largest absolute Gasteiger partial charge is 0.461 e. The van der Waals surface area contributed by atoms with E-state index in [4.69, 9.17) is 10.5 Å². The number of rotatable bonds is 3. The fourth-order valence-corrected chi connectivity index (χ4v) is 1.63. The van der Waals surface area contributed by atoms with E-state index in [1.807, 2.05) is 0 Å². The van der Waals surface area contributed by atoms with E-state index in [1.54, 1.807) is 19.1 Å². The summed E-state index contributed by atoms with van der Waals surface area (Å²) in [6.07, 6.45) is 1.48. The molecule has 0 spiro atoms. The van der Waals surface area contributed by atoms with Crippen molar-refractivity contribution in [1.29, 1.82) is 0 Å². The van der Waals surface area contributed by atoms with Crippen LogP contribution in [0.15, 0.2) is 18.3 Å². The molecule has 0 aliphatic heterocycles. The molecule has 102 valence electrons. The molecular weight excluding hydrogens is 264 g/mol. The zero-order valence-corrected chi connectivity index (χ0v) is 10.5. The van der Waals surface area contributed by atoms with E-state index in [2.05, 4.69) is 25.7 Å². The summed E-state index contributed by atoms with van der Waals surface area (Å²) < 4.78 is 7.47. The number of nitrogens with two attached hydrogens (primary N) is 1. The van der Waals surface area contributed by atoms with Gasteiger partial charge in [-0.05, 0) is 29.5 Å². The van der Waals surface area contributed by atoms with Gasteiger partial charge in [0, 0.05) is 0 Å². The van der Waals surface area contributed by atoms with Crippen LogP contribution < -0.4 is 5.73 Å². The number of nitrogens with zero attached hydrogens (tertiary/aromatic N) is 7. The van der Waals surface area contributed by atoms with Crippen molar-refractivity contribution < 1.29 is 9.53 Å². The van der Waals surface area contributed by atoms with Crippen LogP contribution in [-0.4, -0.2) is 47.6 Å². The Morgan fingerprint density at radius 3 is 3.05 bits per heavy atom. The number of carbonyl (C=O) groups is 1. The van der Waals surface area contributed by atoms with Gasteiger partial charge in [0.1, 0.15) is 0 Å². The van der Waals surface area contributed by atoms with Crippen molar-refractivity contribution in [2.45, 2.75) is 6.92 Å². The van der Waals surface area contributed by atoms with Crippen molar-refractivity contribution >= 4 is 17.3 Å². The quantitative estimate of drug-likeness (QED) is 0.631. The second-order valence-corrected chi connectivity index (χ2v) is 3.82. The molecule has 0 aliphatic rings. The lowest BCUT2D eigenvalue weighted by Gasteiger charge is -1.99. The summed E-state index contributed by atoms with van der Waals surface area (Å²) in [5.74, 6) is -0.153. The number of tetrazole rings is 1. The first-order valence-electron chi connectivity index (χ1n) is 5.77. The monoisotopic (exact) mass is 274 g/mol. The molecule has 3 aromatic heterocycles. The number of aromatic nitrogens is 7. The van der Waals surface area contributed by atoms with Crippen molar-refractivity contribution in [1.82, 2.24) is 35.0 Å². The van der Waals surface area contributed by atoms with Gasteiger partial charge < -0.3 is 10.5 Å². The molecular formula is C10H10N8O2. The van der Waals surface area contributed by atoms with Crippen molar-refractivity contribution in [3.63, 3.8) is 0 Å². The molecule has 0 aromatic carbocycles. The van der Waals surface area contributed by atoms with E-state index < -0.39 is 5.97 Å². The highest BCUT2D eigenvalue weighted by Crippen LogP contribution is 2.14. The molecule has 0 fully saturated rings. The normalized spacial score (nSPS) is 10.8. The van der Waals surface area contributed by atoms with E-state index in [9.17, 15) is 4.79 Å². The summed E-state index contributed by atoms with van der Waals surface area (Å²) in [5, 5.41) is 19.1. The highest BCUT2D eigenvalue weighted by atomic mass is 16.5. The first kappa shape index (κ1) is 12.0. The molecule has 3 heterocycles. The molecule has 0 radical (unpaired) electrons. The Morgan fingerprint density at radius 1 is 1.40 bits per heavy atom. The van der Waals surface area contributed by atoms with Crippen LogP contribution in [0.25, 0.3) is 11.5 Å². The molecule has 3 rings (SSSR count). The minimum atomic E-state index is -0.577. The van der Waals surface area contributed by atoms with Crippen LogP contribution in [0.1, 0.15) is 17.4 Å². The van der Waals surface area contributed by atoms with Gasteiger partial charge in [-0.3, -0.25) is 0 Å². The molecule has 10 heteroatoms. The van der Waals surface area contributed by atoms with Crippen molar-refractivity contribution in [2.24, 2.45) is 0 Å². The van der Waals surface area contributed by atoms with E-state index in [1.165, 1.54) is 15.5 Å². The standard InChI is InChI=1S/C10H10N8O2/c1-2-20-10(19)9-6(11)5-17(14-9)8-4-3-7-12-15-16-18(7)13-8/h3-5H,2,11H2,1H3. The van der Waals surface area contributed by atoms with Gasteiger partial charge in [-0.15, -0.1) is 14.8 Å². The number of carbonyl (C=O) groups excluding carboxylic acids is 1. The number of esters is 1. The number of hydrogen-bond acceptors (Lipinski definition) is 8. The lowest BCUT2D eigenvalue weighted by Crippen LogP contribution is -2.09. The Bertz CT molecular complexity index is 777. The highest BCUT2D eigenvalue weighted by Gasteiger charge is 2.17. The molecule has 0 amide bonds. The van der Waals surface area contributed by atoms with Crippen LogP contribution in [0.2, 0.25) is 0 Å². The maximum Gasteiger partial charge on any atom is 0.361 e. The predicted molar refractivity (Wildman–Crippen MR) is 66.1 cm³/mol. The third-order valence-electron chi connectivity index (χ3n) is 2.50. The van der Waals surface area contributed by atoms with Gasteiger partial charge in [0.2, 0.25) is 0 Å². The van der Waals surface area contributed by atoms with Crippen molar-refractivity contribution in [3.05, 3.63) is 24.0 Å². The Labute approximate surface area is 112 Å². The number of nitrogen functional groups attached to an aromatic ring is 1. The lowest BCUT2D eigenvalue weighted by molar-refractivity contribution is 0.0520. The van der Waals surface area contributed by atoms with Gasteiger partial charge in [-0.2, -0.15) is 5.10 Å². The fraction of sp³-hybridized carbons (Fsp3) is 0.200. The molecule has 0 unspecified atom stereocenters. The number of ether oxygens (including phenoxy) is 1. The SMILES string of the molecule is CCOC(=O)c1nn(-c2ccc3nnnn3n2)cc1N. The van der Waals surface area contributed by atoms with Crippen LogP contribution >= 0.6 is 0 Å². The first-order valence-corrected chi connectivity index (χ1v) is 5.77. The summed E-state index contributed by atoms with van der Waals surface area (Å²) in [4.78, 5) is 11.6. The minimum Gasteiger partial charge on any atom is -0.461 e. The molecule has 10 nitrogen and oxygen atoms in total. The van der Waals surface area contributed by atoms with Gasteiger partial charge in [-0.1, -0.05) is 0 Å². The van der Waals surface area contributed by atoms with Crippen LogP contribution in [0.3, 0.4) is 0 Å². The van der Waals surface area contributed by atoms with Crippen molar-refractivity contribution in [2.75, 3.05) is 12.3 Å². The predicted octanol–water partition coefficient (Wildman–Crippen LogP) is -0.536. The first-order chi connectivity index (χ1) is 9.69. The van der Waals surface area contributed by atoms with Gasteiger partial charge in [0.05, 0.1) is 18.5 Å². The maximum atomic E-state index is 11.6. The molecule has 2 N–H and O–H groups in total. The zero-order chi connectivity index (χ0) is 14.1. The number of fused-ring (bicyclic) bond motifs is 1. The second kappa shape index (κ2) is 4.57. The minimum absolute atomic E-state index is 0.0467. The molecule has 20 heavy (non-hydrogen) atoms. The molecule has 3 aromatic rings. The van der Waals surface area contributed by atoms with E-state index in [-0.39, 0.29) is 18.0 Å². The average Bonchev–Trinajstić information content (AvgIpc) is 3.04. The van der Waals surface area contributed by atoms with Gasteiger partial charge in [0.15, 0.2) is 17.2 Å². The molecule has 0 atom stereocenters.